The summed E-state index contributed by atoms with van der Waals surface area (Å²) in [4.78, 5) is 28.7. The maximum atomic E-state index is 14.2. The van der Waals surface area contributed by atoms with E-state index in [1.807, 2.05) is 13.0 Å². The van der Waals surface area contributed by atoms with Gasteiger partial charge in [-0.05, 0) is 72.4 Å². The highest BCUT2D eigenvalue weighted by Gasteiger charge is 2.48. The summed E-state index contributed by atoms with van der Waals surface area (Å²) >= 11 is 2.41. The Balaban J connectivity index is 1.38. The Bertz CT molecular complexity index is 1790. The van der Waals surface area contributed by atoms with Gasteiger partial charge in [0.25, 0.3) is 5.78 Å². The van der Waals surface area contributed by atoms with E-state index in [0.717, 1.165) is 29.1 Å². The van der Waals surface area contributed by atoms with Crippen molar-refractivity contribution >= 4 is 45.7 Å². The van der Waals surface area contributed by atoms with Crippen molar-refractivity contribution in [3.8, 4) is 11.5 Å². The fourth-order valence-corrected chi connectivity index (χ4v) is 7.22. The predicted molar refractivity (Wildman–Crippen MR) is 172 cm³/mol. The lowest BCUT2D eigenvalue weighted by Gasteiger charge is -2.23. The number of carbonyl (C=O) groups is 2. The molecule has 2 aliphatic heterocycles. The molecular weight excluding hydrogens is 614 g/mol. The van der Waals surface area contributed by atoms with Crippen LogP contribution in [0.15, 0.2) is 76.6 Å². The minimum atomic E-state index is -0.987. The number of ketones is 1. The van der Waals surface area contributed by atoms with Crippen LogP contribution in [0.1, 0.15) is 55.5 Å². The number of carbonyl (C=O) groups excluding carboxylic acids is 2. The Labute approximate surface area is 268 Å². The molecule has 6 rings (SSSR count). The van der Waals surface area contributed by atoms with Gasteiger partial charge in [-0.25, -0.2) is 4.39 Å². The Morgan fingerprint density at radius 3 is 2.76 bits per heavy atom. The number of nitrogens with zero attached hydrogens (tertiary/aromatic N) is 3. The number of aromatic nitrogens is 2. The summed E-state index contributed by atoms with van der Waals surface area (Å²) in [5, 5.41) is 20.3. The molecule has 3 aromatic carbocycles. The number of amides is 1. The first-order valence-electron chi connectivity index (χ1n) is 14.7. The number of fused-ring (bicyclic) bond motifs is 1. The smallest absolute Gasteiger partial charge is 0.301 e. The van der Waals surface area contributed by atoms with E-state index in [1.165, 1.54) is 22.7 Å². The van der Waals surface area contributed by atoms with Crippen molar-refractivity contribution in [3.63, 3.8) is 0 Å². The Morgan fingerprint density at radius 1 is 1.13 bits per heavy atom. The molecule has 3 heterocycles. The van der Waals surface area contributed by atoms with Gasteiger partial charge in [0, 0.05) is 17.7 Å². The van der Waals surface area contributed by atoms with E-state index < -0.39 is 17.7 Å². The molecule has 1 amide bonds. The highest BCUT2D eigenvalue weighted by atomic mass is 32.2. The highest BCUT2D eigenvalue weighted by molar-refractivity contribution is 8.00. The monoisotopic (exact) mass is 645 g/mol. The standard InChI is InChI=1S/C34H32FN3O5S2/c1-19(2)13-14-42-25-9-6-8-21(17-25)29-28(30(39)22-11-12-27-24(16-22)15-20(3)43-27)31(40)32(41)38(29)33-36-37-34(45-33)44-18-23-7-4-5-10-26(23)35/h4-12,16-17,19-20,29,39H,13-15,18H2,1-3H3/t20-,29+/m0/s1. The molecule has 0 unspecified atom stereocenters. The lowest BCUT2D eigenvalue weighted by molar-refractivity contribution is -0.132. The van der Waals surface area contributed by atoms with Crippen LogP contribution >= 0.6 is 23.1 Å². The van der Waals surface area contributed by atoms with Crippen molar-refractivity contribution in [2.45, 2.75) is 55.9 Å². The minimum absolute atomic E-state index is 0.00395. The molecule has 2 atom stereocenters. The third-order valence-corrected chi connectivity index (χ3v) is 9.77. The summed E-state index contributed by atoms with van der Waals surface area (Å²) in [5.41, 5.74) is 2.37. The van der Waals surface area contributed by atoms with Crippen molar-refractivity contribution in [2.24, 2.45) is 5.92 Å². The molecule has 1 aromatic heterocycles. The second-order valence-electron chi connectivity index (χ2n) is 11.5. The fourth-order valence-electron chi connectivity index (χ4n) is 5.37. The number of Topliss-reactive ketones (excluding diaryl/α,β-unsaturated/α-hetero) is 1. The van der Waals surface area contributed by atoms with Gasteiger partial charge in [-0.1, -0.05) is 67.3 Å². The zero-order valence-electron chi connectivity index (χ0n) is 25.0. The largest absolute Gasteiger partial charge is 0.507 e. The summed E-state index contributed by atoms with van der Waals surface area (Å²) in [5.74, 6) is -0.158. The molecule has 0 spiro atoms. The summed E-state index contributed by atoms with van der Waals surface area (Å²) in [6.07, 6.45) is 1.54. The molecule has 232 valence electrons. The molecule has 0 radical (unpaired) electrons. The van der Waals surface area contributed by atoms with Crippen LogP contribution < -0.4 is 14.4 Å². The average Bonchev–Trinajstić information content (AvgIpc) is 3.71. The van der Waals surface area contributed by atoms with Crippen LogP contribution in [-0.4, -0.2) is 39.7 Å². The van der Waals surface area contributed by atoms with Gasteiger partial charge in [-0.15, -0.1) is 10.2 Å². The summed E-state index contributed by atoms with van der Waals surface area (Å²) < 4.78 is 26.5. The molecule has 1 saturated heterocycles. The van der Waals surface area contributed by atoms with Crippen LogP contribution in [-0.2, 0) is 21.8 Å². The van der Waals surface area contributed by atoms with Gasteiger partial charge >= 0.3 is 5.91 Å². The van der Waals surface area contributed by atoms with Crippen LogP contribution in [0.4, 0.5) is 9.52 Å². The Kier molecular flexibility index (Phi) is 8.91. The minimum Gasteiger partial charge on any atom is -0.507 e. The van der Waals surface area contributed by atoms with Gasteiger partial charge in [0.1, 0.15) is 29.2 Å². The van der Waals surface area contributed by atoms with E-state index in [9.17, 15) is 19.1 Å². The molecular formula is C34H32FN3O5S2. The first-order chi connectivity index (χ1) is 21.7. The van der Waals surface area contributed by atoms with Crippen LogP contribution in [0.25, 0.3) is 5.76 Å². The predicted octanol–water partition coefficient (Wildman–Crippen LogP) is 7.34. The number of rotatable bonds is 10. The third kappa shape index (κ3) is 6.46. The van der Waals surface area contributed by atoms with Crippen LogP contribution in [0, 0.1) is 11.7 Å². The van der Waals surface area contributed by atoms with Gasteiger partial charge in [0.15, 0.2) is 4.34 Å². The molecule has 1 N–H and O–H groups in total. The van der Waals surface area contributed by atoms with Crippen molar-refractivity contribution < 1.29 is 28.6 Å². The topological polar surface area (TPSA) is 102 Å². The number of hydrogen-bond acceptors (Lipinski definition) is 9. The molecule has 45 heavy (non-hydrogen) atoms. The molecule has 0 saturated carbocycles. The van der Waals surface area contributed by atoms with E-state index in [1.54, 1.807) is 54.6 Å². The summed E-state index contributed by atoms with van der Waals surface area (Å²) in [7, 11) is 0. The number of anilines is 1. The first-order valence-corrected chi connectivity index (χ1v) is 16.5. The number of benzene rings is 3. The normalized spacial score (nSPS) is 18.8. The lowest BCUT2D eigenvalue weighted by Crippen LogP contribution is -2.29. The van der Waals surface area contributed by atoms with E-state index >= 15 is 0 Å². The van der Waals surface area contributed by atoms with Gasteiger partial charge in [-0.2, -0.15) is 0 Å². The van der Waals surface area contributed by atoms with E-state index in [-0.39, 0.29) is 28.4 Å². The van der Waals surface area contributed by atoms with Crippen LogP contribution in [0.3, 0.4) is 0 Å². The number of ether oxygens (including phenoxy) is 2. The van der Waals surface area contributed by atoms with Gasteiger partial charge in [0.2, 0.25) is 5.13 Å². The van der Waals surface area contributed by atoms with Crippen molar-refractivity contribution in [3.05, 3.63) is 100 Å². The second-order valence-corrected chi connectivity index (χ2v) is 13.6. The molecule has 0 bridgehead atoms. The number of thioether (sulfide) groups is 1. The number of hydrogen-bond donors (Lipinski definition) is 1. The van der Waals surface area contributed by atoms with E-state index in [2.05, 4.69) is 24.0 Å². The van der Waals surface area contributed by atoms with Gasteiger partial charge in [-0.3, -0.25) is 14.5 Å². The maximum absolute atomic E-state index is 14.2. The number of halogens is 1. The lowest BCUT2D eigenvalue weighted by atomic mass is 9.94. The molecule has 1 fully saturated rings. The fraction of sp³-hybridized carbons (Fsp3) is 0.294. The molecule has 11 heteroatoms. The van der Waals surface area contributed by atoms with Crippen molar-refractivity contribution in [1.82, 2.24) is 10.2 Å². The molecule has 0 aliphatic carbocycles. The van der Waals surface area contributed by atoms with Crippen LogP contribution in [0.5, 0.6) is 11.5 Å². The SMILES string of the molecule is CC(C)CCOc1cccc([C@@H]2C(=C(O)c3ccc4c(c3)C[C@H](C)O4)C(=O)C(=O)N2c2nnc(SCc3ccccc3F)s2)c1. The zero-order chi connectivity index (χ0) is 31.7. The second kappa shape index (κ2) is 13.0. The highest BCUT2D eigenvalue weighted by Crippen LogP contribution is 2.45. The summed E-state index contributed by atoms with van der Waals surface area (Å²) in [6, 6.07) is 17.9. The number of aliphatic hydroxyl groups excluding tert-OH is 1. The molecule has 8 nitrogen and oxygen atoms in total. The quantitative estimate of drug-likeness (QED) is 0.0629. The average molecular weight is 646 g/mol. The van der Waals surface area contributed by atoms with Gasteiger partial charge < -0.3 is 14.6 Å². The Hall–Kier alpha value is -4.22. The third-order valence-electron chi connectivity index (χ3n) is 7.66. The van der Waals surface area contributed by atoms with E-state index in [0.29, 0.717) is 51.5 Å². The number of aliphatic hydroxyl groups is 1. The maximum Gasteiger partial charge on any atom is 0.301 e. The van der Waals surface area contributed by atoms with E-state index in [4.69, 9.17) is 9.47 Å². The molecule has 2 aliphatic rings. The van der Waals surface area contributed by atoms with Crippen molar-refractivity contribution in [2.75, 3.05) is 11.5 Å². The summed E-state index contributed by atoms with van der Waals surface area (Å²) in [6.45, 7) is 6.70. The van der Waals surface area contributed by atoms with Crippen molar-refractivity contribution in [1.29, 1.82) is 0 Å². The Morgan fingerprint density at radius 2 is 1.96 bits per heavy atom. The van der Waals surface area contributed by atoms with Crippen LogP contribution in [0.2, 0.25) is 0 Å². The molecule has 4 aromatic rings. The van der Waals surface area contributed by atoms with Gasteiger partial charge in [0.05, 0.1) is 18.2 Å². The first kappa shape index (κ1) is 30.8. The zero-order valence-corrected chi connectivity index (χ0v) is 26.7.